The van der Waals surface area contributed by atoms with Crippen LogP contribution in [0.1, 0.15) is 11.1 Å². The van der Waals surface area contributed by atoms with Gasteiger partial charge in [0.05, 0.1) is 49.1 Å². The van der Waals surface area contributed by atoms with Gasteiger partial charge in [0.25, 0.3) is 0 Å². The molecule has 0 bridgehead atoms. The lowest BCUT2D eigenvalue weighted by Gasteiger charge is -2.13. The first-order valence-electron chi connectivity index (χ1n) is 14.3. The first kappa shape index (κ1) is 26.5. The quantitative estimate of drug-likeness (QED) is 0.203. The van der Waals surface area contributed by atoms with Crippen LogP contribution in [-0.2, 0) is 9.84 Å². The van der Waals surface area contributed by atoms with E-state index < -0.39 is 9.84 Å². The molecule has 6 nitrogen and oxygen atoms in total. The Balaban J connectivity index is 1.42. The molecule has 212 valence electrons. The van der Waals surface area contributed by atoms with Crippen LogP contribution >= 0.6 is 0 Å². The Bertz CT molecular complexity index is 2670. The molecule has 0 aliphatic heterocycles. The zero-order chi connectivity index (χ0) is 30.7. The molecular formula is C38H22N4O2S. The summed E-state index contributed by atoms with van der Waals surface area (Å²) in [4.78, 5) is -0.0560. The average Bonchev–Trinajstić information content (AvgIpc) is 3.61. The fourth-order valence-corrected chi connectivity index (χ4v) is 7.83. The smallest absolute Gasteiger partial charge is 0.207 e. The van der Waals surface area contributed by atoms with Crippen molar-refractivity contribution in [3.8, 4) is 23.5 Å². The summed E-state index contributed by atoms with van der Waals surface area (Å²) in [5.41, 5.74) is 6.19. The summed E-state index contributed by atoms with van der Waals surface area (Å²) in [7, 11) is -4.02. The van der Waals surface area contributed by atoms with Gasteiger partial charge in [-0.05, 0) is 66.7 Å². The van der Waals surface area contributed by atoms with E-state index in [1.165, 1.54) is 18.2 Å². The summed E-state index contributed by atoms with van der Waals surface area (Å²) in [5, 5.41) is 23.3. The number of nitrogens with zero attached hydrogens (tertiary/aromatic N) is 4. The van der Waals surface area contributed by atoms with E-state index in [1.54, 1.807) is 12.1 Å². The molecule has 0 saturated heterocycles. The standard InChI is InChI=1S/C38H22N4O2S/c39-23-25-14-21-36(26(22-25)24-40)45(43,44)29-17-15-28(16-18-29)42-35-13-7-5-11-31(35)33-20-19-32-30-10-4-6-12-34(30)41(37(32)38(33)42)27-8-2-1-3-9-27/h1-22H. The molecule has 8 aromatic rings. The van der Waals surface area contributed by atoms with E-state index in [0.717, 1.165) is 55.0 Å². The topological polar surface area (TPSA) is 91.6 Å². The molecule has 0 atom stereocenters. The fourth-order valence-electron chi connectivity index (χ4n) is 6.44. The summed E-state index contributed by atoms with van der Waals surface area (Å²) in [6, 6.07) is 46.0. The molecular weight excluding hydrogens is 577 g/mol. The number of nitriles is 2. The molecule has 6 aromatic carbocycles. The van der Waals surface area contributed by atoms with Crippen molar-refractivity contribution in [1.29, 1.82) is 10.5 Å². The zero-order valence-corrected chi connectivity index (χ0v) is 24.5. The average molecular weight is 599 g/mol. The lowest BCUT2D eigenvalue weighted by molar-refractivity contribution is 0.596. The number of hydrogen-bond donors (Lipinski definition) is 0. The van der Waals surface area contributed by atoms with Gasteiger partial charge in [0.15, 0.2) is 0 Å². The lowest BCUT2D eigenvalue weighted by Crippen LogP contribution is -2.05. The monoisotopic (exact) mass is 598 g/mol. The second kappa shape index (κ2) is 9.96. The van der Waals surface area contributed by atoms with Crippen molar-refractivity contribution >= 4 is 53.4 Å². The van der Waals surface area contributed by atoms with Crippen LogP contribution in [0.5, 0.6) is 0 Å². The van der Waals surface area contributed by atoms with E-state index in [2.05, 4.69) is 69.8 Å². The Kier molecular flexibility index (Phi) is 5.86. The Morgan fingerprint density at radius 3 is 1.60 bits per heavy atom. The first-order chi connectivity index (χ1) is 22.0. The van der Waals surface area contributed by atoms with Gasteiger partial charge in [0.1, 0.15) is 6.07 Å². The van der Waals surface area contributed by atoms with Crippen molar-refractivity contribution < 1.29 is 8.42 Å². The zero-order valence-electron chi connectivity index (χ0n) is 23.7. The Labute approximate surface area is 258 Å². The summed E-state index contributed by atoms with van der Waals surface area (Å²) in [5.74, 6) is 0. The molecule has 0 N–H and O–H groups in total. The predicted molar refractivity (Wildman–Crippen MR) is 176 cm³/mol. The maximum absolute atomic E-state index is 13.7. The highest BCUT2D eigenvalue weighted by atomic mass is 32.2. The number of sulfone groups is 1. The summed E-state index contributed by atoms with van der Waals surface area (Å²) >= 11 is 0. The van der Waals surface area contributed by atoms with Gasteiger partial charge in [0, 0.05) is 32.9 Å². The van der Waals surface area contributed by atoms with Gasteiger partial charge in [0.2, 0.25) is 9.84 Å². The predicted octanol–water partition coefficient (Wildman–Crippen LogP) is 8.46. The van der Waals surface area contributed by atoms with Gasteiger partial charge in [-0.15, -0.1) is 0 Å². The molecule has 0 spiro atoms. The molecule has 0 aliphatic carbocycles. The molecule has 45 heavy (non-hydrogen) atoms. The van der Waals surface area contributed by atoms with E-state index in [0.29, 0.717) is 0 Å². The Morgan fingerprint density at radius 1 is 0.511 bits per heavy atom. The Morgan fingerprint density at radius 2 is 1.04 bits per heavy atom. The molecule has 2 aromatic heterocycles. The maximum atomic E-state index is 13.7. The van der Waals surface area contributed by atoms with Crippen LogP contribution in [0.15, 0.2) is 143 Å². The van der Waals surface area contributed by atoms with Gasteiger partial charge >= 0.3 is 0 Å². The number of aromatic nitrogens is 2. The number of para-hydroxylation sites is 3. The first-order valence-corrected chi connectivity index (χ1v) is 15.8. The third kappa shape index (κ3) is 3.89. The van der Waals surface area contributed by atoms with Crippen molar-refractivity contribution in [2.24, 2.45) is 0 Å². The summed E-state index contributed by atoms with van der Waals surface area (Å²) in [6.45, 7) is 0. The van der Waals surface area contributed by atoms with Crippen LogP contribution < -0.4 is 0 Å². The van der Waals surface area contributed by atoms with E-state index in [-0.39, 0.29) is 20.9 Å². The molecule has 0 unspecified atom stereocenters. The van der Waals surface area contributed by atoms with Gasteiger partial charge in [-0.1, -0.05) is 66.7 Å². The molecule has 0 saturated carbocycles. The van der Waals surface area contributed by atoms with Crippen LogP contribution in [0, 0.1) is 22.7 Å². The molecule has 8 rings (SSSR count). The number of rotatable bonds is 4. The molecule has 7 heteroatoms. The molecule has 0 fully saturated rings. The van der Waals surface area contributed by atoms with Crippen LogP contribution in [0.25, 0.3) is 55.0 Å². The van der Waals surface area contributed by atoms with E-state index in [4.69, 9.17) is 0 Å². The molecule has 0 amide bonds. The van der Waals surface area contributed by atoms with Gasteiger partial charge in [-0.2, -0.15) is 10.5 Å². The third-order valence-corrected chi connectivity index (χ3v) is 10.2. The van der Waals surface area contributed by atoms with Crippen LogP contribution in [0.3, 0.4) is 0 Å². The van der Waals surface area contributed by atoms with Crippen molar-refractivity contribution in [1.82, 2.24) is 9.13 Å². The van der Waals surface area contributed by atoms with E-state index in [9.17, 15) is 18.9 Å². The van der Waals surface area contributed by atoms with Crippen LogP contribution in [0.2, 0.25) is 0 Å². The van der Waals surface area contributed by atoms with Crippen LogP contribution in [-0.4, -0.2) is 17.6 Å². The molecule has 0 radical (unpaired) electrons. The maximum Gasteiger partial charge on any atom is 0.207 e. The Hall–Kier alpha value is -6.15. The summed E-state index contributed by atoms with van der Waals surface area (Å²) in [6.07, 6.45) is 0. The molecule has 0 aliphatic rings. The number of fused-ring (bicyclic) bond motifs is 7. The third-order valence-electron chi connectivity index (χ3n) is 8.41. The second-order valence-corrected chi connectivity index (χ2v) is 12.7. The minimum absolute atomic E-state index is 0.0587. The van der Waals surface area contributed by atoms with Crippen LogP contribution in [0.4, 0.5) is 0 Å². The second-order valence-electron chi connectivity index (χ2n) is 10.8. The van der Waals surface area contributed by atoms with Crippen molar-refractivity contribution in [2.75, 3.05) is 0 Å². The highest BCUT2D eigenvalue weighted by Gasteiger charge is 2.24. The van der Waals surface area contributed by atoms with Crippen molar-refractivity contribution in [3.63, 3.8) is 0 Å². The fraction of sp³-hybridized carbons (Fsp3) is 0. The number of benzene rings is 6. The minimum Gasteiger partial charge on any atom is -0.307 e. The van der Waals surface area contributed by atoms with Gasteiger partial charge in [-0.3, -0.25) is 0 Å². The lowest BCUT2D eigenvalue weighted by atomic mass is 10.1. The van der Waals surface area contributed by atoms with E-state index in [1.807, 2.05) is 54.6 Å². The van der Waals surface area contributed by atoms with E-state index >= 15 is 0 Å². The van der Waals surface area contributed by atoms with Crippen molar-refractivity contribution in [3.05, 3.63) is 145 Å². The normalized spacial score (nSPS) is 11.7. The number of hydrogen-bond acceptors (Lipinski definition) is 4. The van der Waals surface area contributed by atoms with Crippen molar-refractivity contribution in [2.45, 2.75) is 9.79 Å². The highest BCUT2D eigenvalue weighted by molar-refractivity contribution is 7.91. The molecule has 2 heterocycles. The van der Waals surface area contributed by atoms with Gasteiger partial charge in [-0.25, -0.2) is 8.42 Å². The summed E-state index contributed by atoms with van der Waals surface area (Å²) < 4.78 is 31.8. The minimum atomic E-state index is -4.02. The highest BCUT2D eigenvalue weighted by Crippen LogP contribution is 2.41. The largest absolute Gasteiger partial charge is 0.307 e. The van der Waals surface area contributed by atoms with Gasteiger partial charge < -0.3 is 9.13 Å². The SMILES string of the molecule is N#Cc1ccc(S(=O)(=O)c2ccc(-n3c4ccccc4c4ccc5c6ccccc6n(-c6ccccc6)c5c43)cc2)c(C#N)c1.